The van der Waals surface area contributed by atoms with Crippen LogP contribution in [0.25, 0.3) is 0 Å². The lowest BCUT2D eigenvalue weighted by Crippen LogP contribution is -2.42. The molecule has 0 fully saturated rings. The molecule has 0 radical (unpaired) electrons. The Balaban J connectivity index is 4.72. The van der Waals surface area contributed by atoms with Gasteiger partial charge in [0.15, 0.2) is 0 Å². The Morgan fingerprint density at radius 3 is 1.83 bits per heavy atom. The van der Waals surface area contributed by atoms with Crippen molar-refractivity contribution in [1.29, 1.82) is 0 Å². The fraction of sp³-hybridized carbons (Fsp3) is 0.938. The van der Waals surface area contributed by atoms with Crippen molar-refractivity contribution in [2.24, 2.45) is 5.41 Å². The van der Waals surface area contributed by atoms with E-state index in [9.17, 15) is 4.79 Å². The van der Waals surface area contributed by atoms with Crippen molar-refractivity contribution >= 4 is 5.91 Å². The Morgan fingerprint density at radius 1 is 1.00 bits per heavy atom. The molecule has 1 amide bonds. The average Bonchev–Trinajstić information content (AvgIpc) is 2.23. The molecule has 2 heteroatoms. The topological polar surface area (TPSA) is 20.3 Å². The first-order valence-electron chi connectivity index (χ1n) is 7.65. The third kappa shape index (κ3) is 7.03. The van der Waals surface area contributed by atoms with Crippen molar-refractivity contribution in [3.05, 3.63) is 0 Å². The van der Waals surface area contributed by atoms with Crippen LogP contribution in [-0.2, 0) is 4.79 Å². The second-order valence-electron chi connectivity index (χ2n) is 6.56. The molecule has 0 aliphatic heterocycles. The minimum atomic E-state index is 0.0893. The van der Waals surface area contributed by atoms with Gasteiger partial charge in [0.2, 0.25) is 5.91 Å². The summed E-state index contributed by atoms with van der Waals surface area (Å²) in [6, 6.07) is 0.454. The van der Waals surface area contributed by atoms with Gasteiger partial charge in [-0.15, -0.1) is 0 Å². The van der Waals surface area contributed by atoms with Gasteiger partial charge in [-0.1, -0.05) is 54.4 Å². The molecule has 0 bridgehead atoms. The third-order valence-corrected chi connectivity index (χ3v) is 3.15. The van der Waals surface area contributed by atoms with Crippen LogP contribution in [0.15, 0.2) is 0 Å². The molecule has 18 heavy (non-hydrogen) atoms. The van der Waals surface area contributed by atoms with Gasteiger partial charge in [-0.3, -0.25) is 4.79 Å². The second kappa shape index (κ2) is 8.55. The average molecular weight is 255 g/mol. The number of carbonyl (C=O) groups excluding carboxylic acids is 1. The molecule has 0 aromatic heterocycles. The Kier molecular flexibility index (Phi) is 8.30. The van der Waals surface area contributed by atoms with E-state index >= 15 is 0 Å². The van der Waals surface area contributed by atoms with Crippen molar-refractivity contribution in [1.82, 2.24) is 4.90 Å². The van der Waals surface area contributed by atoms with Crippen LogP contribution in [-0.4, -0.2) is 23.4 Å². The maximum Gasteiger partial charge on any atom is 0.223 e. The first-order chi connectivity index (χ1) is 8.35. The monoisotopic (exact) mass is 255 g/mol. The van der Waals surface area contributed by atoms with E-state index in [1.807, 2.05) is 0 Å². The maximum atomic E-state index is 12.5. The predicted octanol–water partition coefficient (Wildman–Crippen LogP) is 4.63. The van der Waals surface area contributed by atoms with Gasteiger partial charge in [0.05, 0.1) is 0 Å². The SMILES string of the molecule is CCCC(CCC)N(CCC)C(=O)CC(C)(C)C. The van der Waals surface area contributed by atoms with Gasteiger partial charge in [0.1, 0.15) is 0 Å². The minimum Gasteiger partial charge on any atom is -0.340 e. The number of amides is 1. The molecule has 0 aliphatic rings. The summed E-state index contributed by atoms with van der Waals surface area (Å²) in [5, 5.41) is 0. The standard InChI is InChI=1S/C16H33NO/c1-7-10-14(11-8-2)17(12-9-3)15(18)13-16(4,5)6/h14H,7-13H2,1-6H3. The second-order valence-corrected chi connectivity index (χ2v) is 6.56. The molecule has 0 aromatic carbocycles. The highest BCUT2D eigenvalue weighted by atomic mass is 16.2. The van der Waals surface area contributed by atoms with Gasteiger partial charge in [-0.2, -0.15) is 0 Å². The third-order valence-electron chi connectivity index (χ3n) is 3.15. The maximum absolute atomic E-state index is 12.5. The number of carbonyl (C=O) groups is 1. The molecular formula is C16H33NO. The zero-order valence-corrected chi connectivity index (χ0v) is 13.4. The molecule has 0 saturated heterocycles. The smallest absolute Gasteiger partial charge is 0.223 e. The van der Waals surface area contributed by atoms with Crippen molar-refractivity contribution in [2.45, 2.75) is 86.1 Å². The van der Waals surface area contributed by atoms with E-state index in [0.29, 0.717) is 18.4 Å². The van der Waals surface area contributed by atoms with Gasteiger partial charge in [-0.05, 0) is 24.7 Å². The molecule has 0 saturated carbocycles. The molecule has 0 aliphatic carbocycles. The molecule has 0 atom stereocenters. The molecule has 0 heterocycles. The van der Waals surface area contributed by atoms with E-state index in [0.717, 1.165) is 38.6 Å². The van der Waals surface area contributed by atoms with E-state index < -0.39 is 0 Å². The largest absolute Gasteiger partial charge is 0.340 e. The van der Waals surface area contributed by atoms with E-state index in [2.05, 4.69) is 46.4 Å². The molecule has 108 valence electrons. The highest BCUT2D eigenvalue weighted by Crippen LogP contribution is 2.23. The van der Waals surface area contributed by atoms with Crippen molar-refractivity contribution in [3.8, 4) is 0 Å². The number of rotatable bonds is 8. The Morgan fingerprint density at radius 2 is 1.50 bits per heavy atom. The van der Waals surface area contributed by atoms with Crippen LogP contribution in [0.1, 0.15) is 80.1 Å². The summed E-state index contributed by atoms with van der Waals surface area (Å²) in [6.07, 6.45) is 6.32. The fourth-order valence-corrected chi connectivity index (χ4v) is 2.43. The van der Waals surface area contributed by atoms with E-state index in [1.165, 1.54) is 0 Å². The molecule has 0 unspecified atom stereocenters. The predicted molar refractivity (Wildman–Crippen MR) is 79.7 cm³/mol. The van der Waals surface area contributed by atoms with Crippen LogP contribution in [0.2, 0.25) is 0 Å². The van der Waals surface area contributed by atoms with Crippen molar-refractivity contribution in [2.75, 3.05) is 6.54 Å². The van der Waals surface area contributed by atoms with Gasteiger partial charge in [0.25, 0.3) is 0 Å². The Hall–Kier alpha value is -0.530. The van der Waals surface area contributed by atoms with E-state index in [1.54, 1.807) is 0 Å². The van der Waals surface area contributed by atoms with E-state index in [-0.39, 0.29) is 5.41 Å². The van der Waals surface area contributed by atoms with Gasteiger partial charge < -0.3 is 4.90 Å². The highest BCUT2D eigenvalue weighted by molar-refractivity contribution is 5.77. The zero-order valence-electron chi connectivity index (χ0n) is 13.4. The van der Waals surface area contributed by atoms with Gasteiger partial charge in [-0.25, -0.2) is 0 Å². The first kappa shape index (κ1) is 17.5. The zero-order chi connectivity index (χ0) is 14.2. The lowest BCUT2D eigenvalue weighted by molar-refractivity contribution is -0.135. The van der Waals surface area contributed by atoms with Gasteiger partial charge in [0, 0.05) is 19.0 Å². The van der Waals surface area contributed by atoms with Crippen molar-refractivity contribution in [3.63, 3.8) is 0 Å². The number of nitrogens with zero attached hydrogens (tertiary/aromatic N) is 1. The lowest BCUT2D eigenvalue weighted by atomic mass is 9.91. The summed E-state index contributed by atoms with van der Waals surface area (Å²) in [7, 11) is 0. The molecule has 0 N–H and O–H groups in total. The lowest BCUT2D eigenvalue weighted by Gasteiger charge is -2.33. The van der Waals surface area contributed by atoms with Crippen LogP contribution in [0, 0.1) is 5.41 Å². The summed E-state index contributed by atoms with van der Waals surface area (Å²) in [6.45, 7) is 13.9. The van der Waals surface area contributed by atoms with Crippen LogP contribution < -0.4 is 0 Å². The van der Waals surface area contributed by atoms with Gasteiger partial charge >= 0.3 is 0 Å². The van der Waals surface area contributed by atoms with Crippen LogP contribution in [0.5, 0.6) is 0 Å². The number of hydrogen-bond donors (Lipinski definition) is 0. The molecular weight excluding hydrogens is 222 g/mol. The molecule has 2 nitrogen and oxygen atoms in total. The Labute approximate surface area is 114 Å². The number of hydrogen-bond acceptors (Lipinski definition) is 1. The normalized spacial score (nSPS) is 11.9. The molecule has 0 spiro atoms. The summed E-state index contributed by atoms with van der Waals surface area (Å²) in [4.78, 5) is 14.6. The summed E-state index contributed by atoms with van der Waals surface area (Å²) < 4.78 is 0. The molecule has 0 aromatic rings. The highest BCUT2D eigenvalue weighted by Gasteiger charge is 2.25. The summed E-state index contributed by atoms with van der Waals surface area (Å²) in [5.41, 5.74) is 0.0893. The van der Waals surface area contributed by atoms with Crippen LogP contribution >= 0.6 is 0 Å². The van der Waals surface area contributed by atoms with E-state index in [4.69, 9.17) is 0 Å². The molecule has 0 rings (SSSR count). The summed E-state index contributed by atoms with van der Waals surface area (Å²) in [5.74, 6) is 0.344. The van der Waals surface area contributed by atoms with Crippen molar-refractivity contribution < 1.29 is 4.79 Å². The first-order valence-corrected chi connectivity index (χ1v) is 7.65. The quantitative estimate of drug-likeness (QED) is 0.619. The fourth-order valence-electron chi connectivity index (χ4n) is 2.43. The Bertz CT molecular complexity index is 224. The van der Waals surface area contributed by atoms with Crippen LogP contribution in [0.4, 0.5) is 0 Å². The minimum absolute atomic E-state index is 0.0893. The summed E-state index contributed by atoms with van der Waals surface area (Å²) >= 11 is 0. The van der Waals surface area contributed by atoms with Crippen LogP contribution in [0.3, 0.4) is 0 Å².